The second-order valence-electron chi connectivity index (χ2n) is 11.2. The normalized spacial score (nSPS) is 25.7. The van der Waals surface area contributed by atoms with Crippen molar-refractivity contribution in [3.05, 3.63) is 93.4 Å². The third kappa shape index (κ3) is 3.56. The average molecular weight is 482 g/mol. The van der Waals surface area contributed by atoms with Crippen molar-refractivity contribution in [1.82, 2.24) is 4.98 Å². The van der Waals surface area contributed by atoms with E-state index in [1.165, 1.54) is 35.7 Å². The minimum absolute atomic E-state index is 0.0281. The summed E-state index contributed by atoms with van der Waals surface area (Å²) >= 11 is 0. The molecule has 3 atom stereocenters. The standard InChI is InChI=1S/C29H27F4NO/c1-27(2)13-21(19-6-4-5-7-22(19)29(31,32)33)20-9-17(25(30)11-23(20)27)15-35-26-10-16-8-18-12-28(18,3)24(16)14-34-26/h4-7,9-11,14,18,21H,8,12-13,15H2,1-3H3. The van der Waals surface area contributed by atoms with E-state index in [4.69, 9.17) is 4.74 Å². The molecular formula is C29H27F4NO. The predicted octanol–water partition coefficient (Wildman–Crippen LogP) is 7.47. The van der Waals surface area contributed by atoms with E-state index in [0.717, 1.165) is 23.6 Å². The number of nitrogens with zero attached hydrogens (tertiary/aromatic N) is 1. The summed E-state index contributed by atoms with van der Waals surface area (Å²) in [5.41, 5.74) is 3.75. The van der Waals surface area contributed by atoms with Crippen molar-refractivity contribution in [2.75, 3.05) is 0 Å². The highest BCUT2D eigenvalue weighted by atomic mass is 19.4. The van der Waals surface area contributed by atoms with E-state index in [-0.39, 0.29) is 17.6 Å². The Hall–Kier alpha value is -2.89. The zero-order valence-electron chi connectivity index (χ0n) is 20.0. The Morgan fingerprint density at radius 1 is 1.00 bits per heavy atom. The van der Waals surface area contributed by atoms with Crippen molar-refractivity contribution >= 4 is 0 Å². The monoisotopic (exact) mass is 481 g/mol. The Labute approximate surface area is 202 Å². The highest BCUT2D eigenvalue weighted by Crippen LogP contribution is 2.61. The number of aromatic nitrogens is 1. The van der Waals surface area contributed by atoms with Gasteiger partial charge < -0.3 is 4.74 Å². The second-order valence-corrected chi connectivity index (χ2v) is 11.2. The molecule has 3 aromatic rings. The zero-order chi connectivity index (χ0) is 24.8. The Kier molecular flexibility index (Phi) is 4.71. The first-order valence-corrected chi connectivity index (χ1v) is 12.1. The van der Waals surface area contributed by atoms with E-state index in [2.05, 4.69) is 11.9 Å². The van der Waals surface area contributed by atoms with E-state index < -0.39 is 28.9 Å². The molecule has 0 bridgehead atoms. The molecule has 6 rings (SSSR count). The van der Waals surface area contributed by atoms with Crippen LogP contribution in [0.1, 0.15) is 78.5 Å². The van der Waals surface area contributed by atoms with E-state index in [9.17, 15) is 13.2 Å². The van der Waals surface area contributed by atoms with E-state index in [1.807, 2.05) is 26.1 Å². The maximum atomic E-state index is 15.1. The van der Waals surface area contributed by atoms with Crippen molar-refractivity contribution < 1.29 is 22.3 Å². The molecule has 0 spiro atoms. The summed E-state index contributed by atoms with van der Waals surface area (Å²) in [5, 5.41) is 0. The van der Waals surface area contributed by atoms with Crippen LogP contribution in [0, 0.1) is 11.7 Å². The fraction of sp³-hybridized carbons (Fsp3) is 0.414. The van der Waals surface area contributed by atoms with Crippen molar-refractivity contribution in [1.29, 1.82) is 0 Å². The SMILES string of the molecule is CC1(C)CC(c2ccccc2C(F)(F)F)c2cc(COc3cc4c(cn3)C3(C)CC3C4)c(F)cc21. The Bertz CT molecular complexity index is 1340. The van der Waals surface area contributed by atoms with Crippen molar-refractivity contribution in [3.8, 4) is 5.88 Å². The molecule has 3 unspecified atom stereocenters. The summed E-state index contributed by atoms with van der Waals surface area (Å²) < 4.78 is 62.4. The maximum absolute atomic E-state index is 15.1. The molecule has 0 saturated heterocycles. The fourth-order valence-corrected chi connectivity index (χ4v) is 6.42. The van der Waals surface area contributed by atoms with Crippen molar-refractivity contribution in [2.45, 2.75) is 69.6 Å². The largest absolute Gasteiger partial charge is 0.473 e. The zero-order valence-corrected chi connectivity index (χ0v) is 20.0. The predicted molar refractivity (Wildman–Crippen MR) is 125 cm³/mol. The maximum Gasteiger partial charge on any atom is 0.416 e. The highest BCUT2D eigenvalue weighted by Gasteiger charge is 2.56. The summed E-state index contributed by atoms with van der Waals surface area (Å²) in [6.45, 7) is 6.15. The molecule has 2 nitrogen and oxygen atoms in total. The smallest absolute Gasteiger partial charge is 0.416 e. The Morgan fingerprint density at radius 2 is 1.77 bits per heavy atom. The highest BCUT2D eigenvalue weighted by molar-refractivity contribution is 5.51. The third-order valence-corrected chi connectivity index (χ3v) is 8.51. The van der Waals surface area contributed by atoms with E-state index in [1.54, 1.807) is 12.1 Å². The minimum Gasteiger partial charge on any atom is -0.473 e. The second kappa shape index (κ2) is 7.31. The first-order chi connectivity index (χ1) is 16.5. The number of hydrogen-bond acceptors (Lipinski definition) is 2. The van der Waals surface area contributed by atoms with Gasteiger partial charge in [0.2, 0.25) is 5.88 Å². The van der Waals surface area contributed by atoms with Gasteiger partial charge in [0.05, 0.1) is 5.56 Å². The number of fused-ring (bicyclic) bond motifs is 4. The van der Waals surface area contributed by atoms with Gasteiger partial charge in [-0.3, -0.25) is 0 Å². The number of halogens is 4. The van der Waals surface area contributed by atoms with Crippen LogP contribution in [0.25, 0.3) is 0 Å². The average Bonchev–Trinajstić information content (AvgIpc) is 3.26. The van der Waals surface area contributed by atoms with Gasteiger partial charge >= 0.3 is 6.18 Å². The lowest BCUT2D eigenvalue weighted by Gasteiger charge is -2.21. The number of pyridine rings is 1. The summed E-state index contributed by atoms with van der Waals surface area (Å²) in [6.07, 6.45) is 0.131. The minimum atomic E-state index is -4.45. The van der Waals surface area contributed by atoms with Crippen LogP contribution in [0.5, 0.6) is 5.88 Å². The lowest BCUT2D eigenvalue weighted by Crippen LogP contribution is -2.14. The third-order valence-electron chi connectivity index (χ3n) is 8.51. The van der Waals surface area contributed by atoms with Crippen LogP contribution in [-0.2, 0) is 30.0 Å². The summed E-state index contributed by atoms with van der Waals surface area (Å²) in [7, 11) is 0. The van der Waals surface area contributed by atoms with Crippen LogP contribution in [-0.4, -0.2) is 4.98 Å². The van der Waals surface area contributed by atoms with E-state index in [0.29, 0.717) is 23.8 Å². The molecule has 1 heterocycles. The van der Waals surface area contributed by atoms with Crippen molar-refractivity contribution in [2.24, 2.45) is 5.92 Å². The quantitative estimate of drug-likeness (QED) is 0.361. The number of benzene rings is 2. The Balaban J connectivity index is 1.32. The van der Waals surface area contributed by atoms with Gasteiger partial charge in [0.15, 0.2) is 0 Å². The molecule has 1 aromatic heterocycles. The van der Waals surface area contributed by atoms with Gasteiger partial charge in [-0.1, -0.05) is 39.0 Å². The molecular weight excluding hydrogens is 454 g/mol. The molecule has 0 aliphatic heterocycles. The van der Waals surface area contributed by atoms with Crippen LogP contribution < -0.4 is 4.74 Å². The number of rotatable bonds is 4. The van der Waals surface area contributed by atoms with Gasteiger partial charge in [-0.05, 0) is 82.0 Å². The van der Waals surface area contributed by atoms with Gasteiger partial charge in [-0.2, -0.15) is 13.2 Å². The molecule has 0 amide bonds. The number of ether oxygens (including phenoxy) is 1. The number of hydrogen-bond donors (Lipinski definition) is 0. The van der Waals surface area contributed by atoms with Crippen LogP contribution in [0.4, 0.5) is 17.6 Å². The molecule has 0 radical (unpaired) electrons. The van der Waals surface area contributed by atoms with Gasteiger partial charge in [-0.25, -0.2) is 9.37 Å². The van der Waals surface area contributed by atoms with Gasteiger partial charge in [0.1, 0.15) is 12.4 Å². The summed E-state index contributed by atoms with van der Waals surface area (Å²) in [4.78, 5) is 4.44. The molecule has 3 aliphatic carbocycles. The summed E-state index contributed by atoms with van der Waals surface area (Å²) in [6, 6.07) is 10.8. The fourth-order valence-electron chi connectivity index (χ4n) is 6.42. The molecule has 35 heavy (non-hydrogen) atoms. The van der Waals surface area contributed by atoms with Crippen LogP contribution >= 0.6 is 0 Å². The number of alkyl halides is 3. The molecule has 6 heteroatoms. The first-order valence-electron chi connectivity index (χ1n) is 12.1. The van der Waals surface area contributed by atoms with Gasteiger partial charge in [0.25, 0.3) is 0 Å². The van der Waals surface area contributed by atoms with Crippen LogP contribution in [0.15, 0.2) is 48.7 Å². The first kappa shape index (κ1) is 22.6. The van der Waals surface area contributed by atoms with Gasteiger partial charge in [-0.15, -0.1) is 0 Å². The van der Waals surface area contributed by atoms with Crippen LogP contribution in [0.2, 0.25) is 0 Å². The Morgan fingerprint density at radius 3 is 2.54 bits per heavy atom. The molecule has 2 aromatic carbocycles. The summed E-state index contributed by atoms with van der Waals surface area (Å²) in [5.74, 6) is 0.260. The lowest BCUT2D eigenvalue weighted by atomic mass is 9.84. The van der Waals surface area contributed by atoms with E-state index >= 15 is 4.39 Å². The molecule has 0 N–H and O–H groups in total. The molecule has 3 aliphatic rings. The lowest BCUT2D eigenvalue weighted by molar-refractivity contribution is -0.138. The van der Waals surface area contributed by atoms with Gasteiger partial charge in [0, 0.05) is 23.7 Å². The molecule has 1 saturated carbocycles. The topological polar surface area (TPSA) is 22.1 Å². The molecule has 182 valence electrons. The van der Waals surface area contributed by atoms with Crippen LogP contribution in [0.3, 0.4) is 0 Å². The van der Waals surface area contributed by atoms with Crippen molar-refractivity contribution in [3.63, 3.8) is 0 Å². The molecule has 1 fully saturated rings.